The highest BCUT2D eigenvalue weighted by atomic mass is 35.5. The van der Waals surface area contributed by atoms with E-state index in [9.17, 15) is 9.18 Å². The first-order valence-corrected chi connectivity index (χ1v) is 10.1. The van der Waals surface area contributed by atoms with Gasteiger partial charge in [0.2, 0.25) is 0 Å². The van der Waals surface area contributed by atoms with Gasteiger partial charge in [0.1, 0.15) is 5.82 Å². The molecule has 4 rings (SSSR count). The van der Waals surface area contributed by atoms with Crippen molar-refractivity contribution in [3.8, 4) is 11.3 Å². The van der Waals surface area contributed by atoms with Gasteiger partial charge in [-0.1, -0.05) is 11.6 Å². The minimum atomic E-state index is -0.522. The number of rotatable bonds is 4. The van der Waals surface area contributed by atoms with Crippen LogP contribution in [0.5, 0.6) is 0 Å². The SMILES string of the molecule is Nc1ccc(-c2ccc(Cl)cc2F)nc1C(=O)Nc1cnccc1N1CCCCC1. The molecule has 1 aromatic carbocycles. The molecule has 0 spiro atoms. The van der Waals surface area contributed by atoms with Gasteiger partial charge in [-0.3, -0.25) is 9.78 Å². The Kier molecular flexibility index (Phi) is 5.81. The minimum absolute atomic E-state index is 0.0234. The summed E-state index contributed by atoms with van der Waals surface area (Å²) in [7, 11) is 0. The molecule has 1 saturated heterocycles. The fourth-order valence-electron chi connectivity index (χ4n) is 3.57. The second kappa shape index (κ2) is 8.67. The van der Waals surface area contributed by atoms with Crippen LogP contribution in [0, 0.1) is 5.82 Å². The first-order chi connectivity index (χ1) is 14.5. The summed E-state index contributed by atoms with van der Waals surface area (Å²) in [6.07, 6.45) is 6.74. The molecule has 0 bridgehead atoms. The fraction of sp³-hybridized carbons (Fsp3) is 0.227. The molecule has 0 radical (unpaired) electrons. The maximum atomic E-state index is 14.3. The van der Waals surface area contributed by atoms with Crippen molar-refractivity contribution < 1.29 is 9.18 Å². The Bertz CT molecular complexity index is 1080. The molecule has 0 atom stereocenters. The van der Waals surface area contributed by atoms with Crippen molar-refractivity contribution in [2.24, 2.45) is 0 Å². The normalized spacial score (nSPS) is 13.9. The Labute approximate surface area is 178 Å². The number of piperidine rings is 1. The van der Waals surface area contributed by atoms with E-state index < -0.39 is 11.7 Å². The molecule has 3 heterocycles. The molecule has 6 nitrogen and oxygen atoms in total. The number of hydrogen-bond acceptors (Lipinski definition) is 5. The lowest BCUT2D eigenvalue weighted by molar-refractivity contribution is 0.102. The molecule has 8 heteroatoms. The zero-order valence-electron chi connectivity index (χ0n) is 16.2. The number of halogens is 2. The topological polar surface area (TPSA) is 84.1 Å². The van der Waals surface area contributed by atoms with E-state index in [1.165, 1.54) is 18.6 Å². The van der Waals surface area contributed by atoms with Gasteiger partial charge >= 0.3 is 0 Å². The predicted octanol–water partition coefficient (Wildman–Crippen LogP) is 4.76. The average molecular weight is 426 g/mol. The van der Waals surface area contributed by atoms with Crippen molar-refractivity contribution in [2.45, 2.75) is 19.3 Å². The van der Waals surface area contributed by atoms with Gasteiger partial charge in [0.25, 0.3) is 5.91 Å². The second-order valence-electron chi connectivity index (χ2n) is 7.15. The number of nitrogen functional groups attached to an aromatic ring is 1. The number of anilines is 3. The van der Waals surface area contributed by atoms with Crippen molar-refractivity contribution in [2.75, 3.05) is 29.0 Å². The molecule has 1 amide bonds. The summed E-state index contributed by atoms with van der Waals surface area (Å²) in [5.74, 6) is -0.999. The lowest BCUT2D eigenvalue weighted by Crippen LogP contribution is -2.30. The van der Waals surface area contributed by atoms with Crippen molar-refractivity contribution in [1.82, 2.24) is 9.97 Å². The zero-order valence-corrected chi connectivity index (χ0v) is 17.0. The quantitative estimate of drug-likeness (QED) is 0.629. The minimum Gasteiger partial charge on any atom is -0.397 e. The molecule has 0 aliphatic carbocycles. The number of aromatic nitrogens is 2. The first-order valence-electron chi connectivity index (χ1n) is 9.75. The molecule has 1 aliphatic heterocycles. The van der Waals surface area contributed by atoms with E-state index in [0.29, 0.717) is 11.4 Å². The highest BCUT2D eigenvalue weighted by Gasteiger charge is 2.19. The third-order valence-electron chi connectivity index (χ3n) is 5.09. The summed E-state index contributed by atoms with van der Waals surface area (Å²) in [6, 6.07) is 9.29. The third kappa shape index (κ3) is 4.21. The van der Waals surface area contributed by atoms with Crippen LogP contribution in [-0.4, -0.2) is 29.0 Å². The van der Waals surface area contributed by atoms with Crippen LogP contribution in [0.2, 0.25) is 5.02 Å². The largest absolute Gasteiger partial charge is 0.397 e. The van der Waals surface area contributed by atoms with Crippen molar-refractivity contribution in [3.63, 3.8) is 0 Å². The van der Waals surface area contributed by atoms with Crippen molar-refractivity contribution in [3.05, 3.63) is 65.3 Å². The number of pyridine rings is 2. The molecule has 0 unspecified atom stereocenters. The standard InChI is InChI=1S/C22H21ClFN5O/c23-14-4-5-15(16(24)12-14)18-7-6-17(25)21(27-18)22(30)28-19-13-26-9-8-20(19)29-10-2-1-3-11-29/h4-9,12-13H,1-3,10-11,25H2,(H,28,30). The van der Waals surface area contributed by atoms with Crippen LogP contribution in [0.25, 0.3) is 11.3 Å². The monoisotopic (exact) mass is 425 g/mol. The fourth-order valence-corrected chi connectivity index (χ4v) is 3.73. The van der Waals surface area contributed by atoms with E-state index in [4.69, 9.17) is 17.3 Å². The lowest BCUT2D eigenvalue weighted by atomic mass is 10.1. The number of carbonyl (C=O) groups is 1. The van der Waals surface area contributed by atoms with Crippen LogP contribution in [-0.2, 0) is 0 Å². The Morgan fingerprint density at radius 1 is 1.13 bits per heavy atom. The van der Waals surface area contributed by atoms with Crippen LogP contribution < -0.4 is 16.0 Å². The number of nitrogens with one attached hydrogen (secondary N) is 1. The van der Waals surface area contributed by atoms with Crippen LogP contribution in [0.1, 0.15) is 29.8 Å². The van der Waals surface area contributed by atoms with Gasteiger partial charge < -0.3 is 16.0 Å². The molecular weight excluding hydrogens is 405 g/mol. The molecule has 1 fully saturated rings. The number of hydrogen-bond donors (Lipinski definition) is 2. The van der Waals surface area contributed by atoms with Crippen LogP contribution in [0.3, 0.4) is 0 Å². The van der Waals surface area contributed by atoms with Gasteiger partial charge in [0.15, 0.2) is 5.69 Å². The average Bonchev–Trinajstić information content (AvgIpc) is 2.75. The molecule has 1 aliphatic rings. The Hall–Kier alpha value is -3.19. The highest BCUT2D eigenvalue weighted by Crippen LogP contribution is 2.29. The van der Waals surface area contributed by atoms with Gasteiger partial charge in [-0.2, -0.15) is 0 Å². The van der Waals surface area contributed by atoms with E-state index in [-0.39, 0.29) is 22.0 Å². The van der Waals surface area contributed by atoms with E-state index >= 15 is 0 Å². The van der Waals surface area contributed by atoms with E-state index in [0.717, 1.165) is 31.6 Å². The number of nitrogens with two attached hydrogens (primary N) is 1. The van der Waals surface area contributed by atoms with E-state index in [2.05, 4.69) is 20.2 Å². The molecule has 154 valence electrons. The Morgan fingerprint density at radius 2 is 1.93 bits per heavy atom. The molecule has 30 heavy (non-hydrogen) atoms. The lowest BCUT2D eigenvalue weighted by Gasteiger charge is -2.30. The number of amides is 1. The summed E-state index contributed by atoms with van der Waals surface area (Å²) < 4.78 is 14.3. The Balaban J connectivity index is 1.63. The summed E-state index contributed by atoms with van der Waals surface area (Å²) >= 11 is 5.83. The molecule has 3 N–H and O–H groups in total. The van der Waals surface area contributed by atoms with Gasteiger partial charge in [-0.15, -0.1) is 0 Å². The number of nitrogens with zero attached hydrogens (tertiary/aromatic N) is 3. The van der Waals surface area contributed by atoms with Crippen LogP contribution in [0.15, 0.2) is 48.8 Å². The van der Waals surface area contributed by atoms with Crippen molar-refractivity contribution in [1.29, 1.82) is 0 Å². The molecule has 0 saturated carbocycles. The predicted molar refractivity (Wildman–Crippen MR) is 117 cm³/mol. The van der Waals surface area contributed by atoms with Gasteiger partial charge in [-0.05, 0) is 55.7 Å². The Morgan fingerprint density at radius 3 is 2.70 bits per heavy atom. The maximum Gasteiger partial charge on any atom is 0.276 e. The van der Waals surface area contributed by atoms with Gasteiger partial charge in [-0.25, -0.2) is 9.37 Å². The molecule has 3 aromatic rings. The summed E-state index contributed by atoms with van der Waals surface area (Å²) in [5, 5.41) is 3.15. The second-order valence-corrected chi connectivity index (χ2v) is 7.59. The van der Waals surface area contributed by atoms with E-state index in [1.54, 1.807) is 30.6 Å². The molecule has 2 aromatic heterocycles. The maximum absolute atomic E-state index is 14.3. The third-order valence-corrected chi connectivity index (χ3v) is 5.33. The highest BCUT2D eigenvalue weighted by molar-refractivity contribution is 6.30. The number of benzene rings is 1. The summed E-state index contributed by atoms with van der Waals surface area (Å²) in [5.41, 5.74) is 8.27. The zero-order chi connectivity index (χ0) is 21.1. The van der Waals surface area contributed by atoms with Crippen LogP contribution in [0.4, 0.5) is 21.5 Å². The molecular formula is C22H21ClFN5O. The number of carbonyl (C=O) groups excluding carboxylic acids is 1. The van der Waals surface area contributed by atoms with Gasteiger partial charge in [0.05, 0.1) is 29.0 Å². The van der Waals surface area contributed by atoms with Crippen molar-refractivity contribution >= 4 is 34.6 Å². The first kappa shape index (κ1) is 20.1. The summed E-state index contributed by atoms with van der Waals surface area (Å²) in [4.78, 5) is 23.7. The van der Waals surface area contributed by atoms with Crippen LogP contribution >= 0.6 is 11.6 Å². The van der Waals surface area contributed by atoms with E-state index in [1.807, 2.05) is 6.07 Å². The van der Waals surface area contributed by atoms with Gasteiger partial charge in [0, 0.05) is 29.9 Å². The summed E-state index contributed by atoms with van der Waals surface area (Å²) in [6.45, 7) is 1.86. The smallest absolute Gasteiger partial charge is 0.276 e.